The second kappa shape index (κ2) is 5.68. The Morgan fingerprint density at radius 3 is 2.52 bits per heavy atom. The lowest BCUT2D eigenvalue weighted by Crippen LogP contribution is -2.30. The molecule has 2 aromatic rings. The first-order valence-corrected chi connectivity index (χ1v) is 7.26. The van der Waals surface area contributed by atoms with Crippen molar-refractivity contribution in [1.29, 1.82) is 0 Å². The summed E-state index contributed by atoms with van der Waals surface area (Å²) >= 11 is 0. The second-order valence-corrected chi connectivity index (χ2v) is 5.75. The minimum atomic E-state index is -0.390. The van der Waals surface area contributed by atoms with Crippen LogP contribution in [-0.4, -0.2) is 5.91 Å². The summed E-state index contributed by atoms with van der Waals surface area (Å²) in [5, 5.41) is 3.06. The average Bonchev–Trinajstić information content (AvgIpc) is 3.22. The predicted molar refractivity (Wildman–Crippen MR) is 80.3 cm³/mol. The van der Waals surface area contributed by atoms with Crippen molar-refractivity contribution in [3.63, 3.8) is 0 Å². The number of amides is 1. The third-order valence-corrected chi connectivity index (χ3v) is 4.13. The highest BCUT2D eigenvalue weighted by Gasteiger charge is 2.40. The van der Waals surface area contributed by atoms with Gasteiger partial charge in [-0.2, -0.15) is 0 Å². The van der Waals surface area contributed by atoms with Gasteiger partial charge in [-0.3, -0.25) is 4.79 Å². The van der Waals surface area contributed by atoms with Crippen LogP contribution < -0.4 is 5.32 Å². The maximum absolute atomic E-state index is 13.2. The van der Waals surface area contributed by atoms with Crippen molar-refractivity contribution >= 4 is 5.91 Å². The van der Waals surface area contributed by atoms with E-state index in [0.717, 1.165) is 12.0 Å². The van der Waals surface area contributed by atoms with E-state index in [1.54, 1.807) is 12.1 Å². The van der Waals surface area contributed by atoms with Crippen LogP contribution in [0.1, 0.15) is 35.3 Å². The maximum atomic E-state index is 13.2. The SMILES string of the molecule is CC1CC1C(NC(=O)c1cccc(F)c1)c1ccccc1. The normalized spacial score (nSPS) is 21.6. The smallest absolute Gasteiger partial charge is 0.251 e. The van der Waals surface area contributed by atoms with E-state index in [4.69, 9.17) is 0 Å². The zero-order chi connectivity index (χ0) is 14.8. The highest BCUT2D eigenvalue weighted by molar-refractivity contribution is 5.94. The number of hydrogen-bond donors (Lipinski definition) is 1. The van der Waals surface area contributed by atoms with E-state index >= 15 is 0 Å². The summed E-state index contributed by atoms with van der Waals surface area (Å²) in [6.45, 7) is 2.19. The fourth-order valence-corrected chi connectivity index (χ4v) is 2.77. The molecule has 2 aromatic carbocycles. The molecular weight excluding hydrogens is 265 g/mol. The van der Waals surface area contributed by atoms with Gasteiger partial charge in [0.25, 0.3) is 5.91 Å². The molecule has 3 unspecified atom stereocenters. The van der Waals surface area contributed by atoms with Crippen molar-refractivity contribution in [3.8, 4) is 0 Å². The zero-order valence-corrected chi connectivity index (χ0v) is 11.9. The van der Waals surface area contributed by atoms with E-state index in [1.807, 2.05) is 30.3 Å². The monoisotopic (exact) mass is 283 g/mol. The van der Waals surface area contributed by atoms with Gasteiger partial charge in [-0.25, -0.2) is 4.39 Å². The van der Waals surface area contributed by atoms with E-state index < -0.39 is 5.82 Å². The molecule has 0 heterocycles. The lowest BCUT2D eigenvalue weighted by Gasteiger charge is -2.19. The average molecular weight is 283 g/mol. The van der Waals surface area contributed by atoms with Gasteiger partial charge in [-0.1, -0.05) is 43.3 Å². The van der Waals surface area contributed by atoms with Crippen LogP contribution in [0.15, 0.2) is 54.6 Å². The van der Waals surface area contributed by atoms with Crippen LogP contribution in [0.25, 0.3) is 0 Å². The Labute approximate surface area is 124 Å². The molecule has 108 valence electrons. The minimum absolute atomic E-state index is 0.00281. The maximum Gasteiger partial charge on any atom is 0.251 e. The van der Waals surface area contributed by atoms with Crippen LogP contribution in [0.2, 0.25) is 0 Å². The van der Waals surface area contributed by atoms with Gasteiger partial charge in [0.15, 0.2) is 0 Å². The molecular formula is C18H18FNO. The van der Waals surface area contributed by atoms with Gasteiger partial charge in [-0.15, -0.1) is 0 Å². The molecule has 1 aliphatic rings. The number of carbonyl (C=O) groups is 1. The predicted octanol–water partition coefficient (Wildman–Crippen LogP) is 3.95. The molecule has 21 heavy (non-hydrogen) atoms. The van der Waals surface area contributed by atoms with Gasteiger partial charge in [-0.05, 0) is 42.0 Å². The Bertz CT molecular complexity index is 641. The molecule has 0 radical (unpaired) electrons. The van der Waals surface area contributed by atoms with E-state index in [2.05, 4.69) is 12.2 Å². The molecule has 3 rings (SSSR count). The molecule has 3 heteroatoms. The highest BCUT2D eigenvalue weighted by Crippen LogP contribution is 2.47. The van der Waals surface area contributed by atoms with Crippen LogP contribution in [0.4, 0.5) is 4.39 Å². The van der Waals surface area contributed by atoms with Crippen LogP contribution in [-0.2, 0) is 0 Å². The number of nitrogens with one attached hydrogen (secondary N) is 1. The lowest BCUT2D eigenvalue weighted by molar-refractivity contribution is 0.0930. The molecule has 1 fully saturated rings. The molecule has 0 aromatic heterocycles. The number of halogens is 1. The molecule has 1 saturated carbocycles. The zero-order valence-electron chi connectivity index (χ0n) is 11.9. The summed E-state index contributed by atoms with van der Waals surface area (Å²) in [7, 11) is 0. The Hall–Kier alpha value is -2.16. The van der Waals surface area contributed by atoms with Gasteiger partial charge >= 0.3 is 0 Å². The van der Waals surface area contributed by atoms with E-state index in [9.17, 15) is 9.18 Å². The van der Waals surface area contributed by atoms with Crippen molar-refractivity contribution in [2.75, 3.05) is 0 Å². The van der Waals surface area contributed by atoms with Crippen molar-refractivity contribution < 1.29 is 9.18 Å². The Morgan fingerprint density at radius 1 is 1.19 bits per heavy atom. The largest absolute Gasteiger partial charge is 0.345 e. The number of hydrogen-bond acceptors (Lipinski definition) is 1. The van der Waals surface area contributed by atoms with Gasteiger partial charge < -0.3 is 5.32 Å². The van der Waals surface area contributed by atoms with Crippen LogP contribution >= 0.6 is 0 Å². The molecule has 0 saturated heterocycles. The van der Waals surface area contributed by atoms with Gasteiger partial charge in [0, 0.05) is 5.56 Å². The standard InChI is InChI=1S/C18H18FNO/c1-12-10-16(12)17(13-6-3-2-4-7-13)20-18(21)14-8-5-9-15(19)11-14/h2-9,11-12,16-17H,10H2,1H3,(H,20,21). The summed E-state index contributed by atoms with van der Waals surface area (Å²) in [5.74, 6) is 0.467. The summed E-state index contributed by atoms with van der Waals surface area (Å²) in [6.07, 6.45) is 1.11. The molecule has 0 spiro atoms. The fourth-order valence-electron chi connectivity index (χ4n) is 2.77. The van der Waals surface area contributed by atoms with Crippen LogP contribution in [0, 0.1) is 17.7 Å². The highest BCUT2D eigenvalue weighted by atomic mass is 19.1. The molecule has 3 atom stereocenters. The van der Waals surface area contributed by atoms with Crippen molar-refractivity contribution in [1.82, 2.24) is 5.32 Å². The van der Waals surface area contributed by atoms with E-state index in [1.165, 1.54) is 12.1 Å². The summed E-state index contributed by atoms with van der Waals surface area (Å²) < 4.78 is 13.2. The third kappa shape index (κ3) is 3.13. The third-order valence-electron chi connectivity index (χ3n) is 4.13. The van der Waals surface area contributed by atoms with E-state index in [-0.39, 0.29) is 11.9 Å². The van der Waals surface area contributed by atoms with Gasteiger partial charge in [0.05, 0.1) is 6.04 Å². The molecule has 2 nitrogen and oxygen atoms in total. The fraction of sp³-hybridized carbons (Fsp3) is 0.278. The quantitative estimate of drug-likeness (QED) is 0.904. The molecule has 1 amide bonds. The van der Waals surface area contributed by atoms with Crippen molar-refractivity contribution in [2.24, 2.45) is 11.8 Å². The Morgan fingerprint density at radius 2 is 1.90 bits per heavy atom. The number of carbonyl (C=O) groups excluding carboxylic acids is 1. The number of benzene rings is 2. The lowest BCUT2D eigenvalue weighted by atomic mass is 10.0. The number of rotatable bonds is 4. The van der Waals surface area contributed by atoms with Gasteiger partial charge in [0.1, 0.15) is 5.82 Å². The summed E-state index contributed by atoms with van der Waals surface area (Å²) in [5.41, 5.74) is 1.47. The molecule has 1 aliphatic carbocycles. The van der Waals surface area contributed by atoms with Crippen molar-refractivity contribution in [3.05, 3.63) is 71.5 Å². The van der Waals surface area contributed by atoms with E-state index in [0.29, 0.717) is 17.4 Å². The summed E-state index contributed by atoms with van der Waals surface area (Å²) in [4.78, 5) is 12.3. The van der Waals surface area contributed by atoms with Crippen molar-refractivity contribution in [2.45, 2.75) is 19.4 Å². The first-order valence-electron chi connectivity index (χ1n) is 7.26. The van der Waals surface area contributed by atoms with Gasteiger partial charge in [0.2, 0.25) is 0 Å². The first-order chi connectivity index (χ1) is 10.1. The minimum Gasteiger partial charge on any atom is -0.345 e. The Kier molecular flexibility index (Phi) is 3.74. The molecule has 1 N–H and O–H groups in total. The van der Waals surface area contributed by atoms with Crippen LogP contribution in [0.3, 0.4) is 0 Å². The Balaban J connectivity index is 1.81. The van der Waals surface area contributed by atoms with Crippen LogP contribution in [0.5, 0.6) is 0 Å². The first kappa shape index (κ1) is 13.8. The topological polar surface area (TPSA) is 29.1 Å². The summed E-state index contributed by atoms with van der Waals surface area (Å²) in [6, 6.07) is 15.8. The molecule has 0 bridgehead atoms. The molecule has 0 aliphatic heterocycles. The second-order valence-electron chi connectivity index (χ2n) is 5.75.